The van der Waals surface area contributed by atoms with Crippen LogP contribution in [0.1, 0.15) is 42.0 Å². The molecule has 0 spiro atoms. The van der Waals surface area contributed by atoms with E-state index in [1.807, 2.05) is 48.5 Å². The number of carboxylic acids is 1. The minimum absolute atomic E-state index is 0.0426. The van der Waals surface area contributed by atoms with Gasteiger partial charge >= 0.3 is 12.1 Å². The van der Waals surface area contributed by atoms with Crippen LogP contribution < -0.4 is 10.6 Å². The number of aromatic hydroxyl groups is 1. The molecule has 0 heterocycles. The Morgan fingerprint density at radius 3 is 2.14 bits per heavy atom. The van der Waals surface area contributed by atoms with Crippen LogP contribution in [0.5, 0.6) is 5.75 Å². The summed E-state index contributed by atoms with van der Waals surface area (Å²) in [5.41, 5.74) is 4.89. The first-order chi connectivity index (χ1) is 16.8. The zero-order valence-corrected chi connectivity index (χ0v) is 19.1. The van der Waals surface area contributed by atoms with Gasteiger partial charge in [0.05, 0.1) is 12.5 Å². The van der Waals surface area contributed by atoms with Crippen LogP contribution in [0.2, 0.25) is 0 Å². The van der Waals surface area contributed by atoms with E-state index in [1.165, 1.54) is 12.1 Å². The predicted octanol–water partition coefficient (Wildman–Crippen LogP) is 3.95. The van der Waals surface area contributed by atoms with Crippen LogP contribution in [0.15, 0.2) is 72.8 Å². The second-order valence-electron chi connectivity index (χ2n) is 8.45. The second kappa shape index (κ2) is 10.3. The van der Waals surface area contributed by atoms with E-state index >= 15 is 0 Å². The Morgan fingerprint density at radius 2 is 1.54 bits per heavy atom. The first kappa shape index (κ1) is 23.8. The number of ether oxygens (including phenoxy) is 1. The van der Waals surface area contributed by atoms with Crippen molar-refractivity contribution >= 4 is 18.0 Å². The summed E-state index contributed by atoms with van der Waals surface area (Å²) in [7, 11) is 0. The minimum Gasteiger partial charge on any atom is -0.508 e. The van der Waals surface area contributed by atoms with E-state index in [2.05, 4.69) is 10.6 Å². The van der Waals surface area contributed by atoms with Crippen LogP contribution in [0.25, 0.3) is 11.1 Å². The van der Waals surface area contributed by atoms with Gasteiger partial charge in [0.1, 0.15) is 18.4 Å². The van der Waals surface area contributed by atoms with E-state index in [9.17, 15) is 24.6 Å². The summed E-state index contributed by atoms with van der Waals surface area (Å²) >= 11 is 0. The molecule has 35 heavy (non-hydrogen) atoms. The molecular weight excluding hydrogens is 448 g/mol. The number of alkyl carbamates (subject to hydrolysis) is 1. The number of carbonyl (C=O) groups excluding carboxylic acids is 2. The van der Waals surface area contributed by atoms with Crippen LogP contribution in [0.4, 0.5) is 4.79 Å². The zero-order chi connectivity index (χ0) is 24.9. The monoisotopic (exact) mass is 474 g/mol. The maximum absolute atomic E-state index is 12.8. The Labute approximate surface area is 202 Å². The number of benzene rings is 3. The van der Waals surface area contributed by atoms with Crippen molar-refractivity contribution < 1.29 is 29.3 Å². The van der Waals surface area contributed by atoms with E-state index in [4.69, 9.17) is 4.74 Å². The molecule has 2 unspecified atom stereocenters. The number of aliphatic carboxylic acids is 1. The summed E-state index contributed by atoms with van der Waals surface area (Å²) in [5.74, 6) is -2.03. The Morgan fingerprint density at radius 1 is 0.914 bits per heavy atom. The van der Waals surface area contributed by atoms with Gasteiger partial charge in [0.25, 0.3) is 0 Å². The molecule has 180 valence electrons. The highest BCUT2D eigenvalue weighted by Gasteiger charge is 2.30. The van der Waals surface area contributed by atoms with E-state index < -0.39 is 36.5 Å². The minimum atomic E-state index is -1.33. The Balaban J connectivity index is 1.41. The van der Waals surface area contributed by atoms with Gasteiger partial charge in [-0.3, -0.25) is 9.59 Å². The SMILES string of the molecule is CC(NC(=O)C(CC(=O)O)NC(=O)OCC1c2ccccc2-c2ccccc21)c1cccc(O)c1. The smallest absolute Gasteiger partial charge is 0.407 e. The molecule has 0 aromatic heterocycles. The number of fused-ring (bicyclic) bond motifs is 3. The van der Waals surface area contributed by atoms with Crippen molar-refractivity contribution in [2.45, 2.75) is 31.3 Å². The van der Waals surface area contributed by atoms with Gasteiger partial charge in [-0.1, -0.05) is 60.7 Å². The molecule has 4 rings (SSSR count). The molecule has 0 saturated carbocycles. The summed E-state index contributed by atoms with van der Waals surface area (Å²) in [4.78, 5) is 36.7. The molecule has 2 amide bonds. The van der Waals surface area contributed by atoms with E-state index in [0.29, 0.717) is 5.56 Å². The third kappa shape index (κ3) is 5.43. The average Bonchev–Trinajstić information content (AvgIpc) is 3.15. The summed E-state index contributed by atoms with van der Waals surface area (Å²) in [6.45, 7) is 1.73. The van der Waals surface area contributed by atoms with Crippen molar-refractivity contribution in [2.75, 3.05) is 6.61 Å². The largest absolute Gasteiger partial charge is 0.508 e. The van der Waals surface area contributed by atoms with Crippen molar-refractivity contribution in [2.24, 2.45) is 0 Å². The van der Waals surface area contributed by atoms with Gasteiger partial charge in [0, 0.05) is 5.92 Å². The van der Waals surface area contributed by atoms with Gasteiger partial charge in [0.15, 0.2) is 0 Å². The topological polar surface area (TPSA) is 125 Å². The van der Waals surface area contributed by atoms with Gasteiger partial charge in [0.2, 0.25) is 5.91 Å². The number of carboxylic acid groups (broad SMARTS) is 1. The third-order valence-corrected chi connectivity index (χ3v) is 6.06. The number of hydrogen-bond donors (Lipinski definition) is 4. The zero-order valence-electron chi connectivity index (χ0n) is 19.1. The molecule has 3 aromatic carbocycles. The fourth-order valence-electron chi connectivity index (χ4n) is 4.36. The van der Waals surface area contributed by atoms with Crippen molar-refractivity contribution in [3.05, 3.63) is 89.5 Å². The fraction of sp³-hybridized carbons (Fsp3) is 0.222. The number of hydrogen-bond acceptors (Lipinski definition) is 5. The molecule has 1 aliphatic carbocycles. The first-order valence-electron chi connectivity index (χ1n) is 11.3. The molecule has 0 bridgehead atoms. The summed E-state index contributed by atoms with van der Waals surface area (Å²) in [6.07, 6.45) is -1.48. The number of carbonyl (C=O) groups is 3. The Kier molecular flexibility index (Phi) is 7.01. The van der Waals surface area contributed by atoms with Crippen LogP contribution in [0.3, 0.4) is 0 Å². The van der Waals surface area contributed by atoms with Crippen molar-refractivity contribution in [3.63, 3.8) is 0 Å². The van der Waals surface area contributed by atoms with E-state index in [0.717, 1.165) is 22.3 Å². The standard InChI is InChI=1S/C27H26N2O6/c1-16(17-7-6-8-18(30)13-17)28-26(33)24(14-25(31)32)29-27(34)35-15-23-21-11-4-2-9-19(21)20-10-3-5-12-22(20)23/h2-13,16,23-24,30H,14-15H2,1H3,(H,28,33)(H,29,34)(H,31,32). The molecular formula is C27H26N2O6. The summed E-state index contributed by atoms with van der Waals surface area (Å²) in [6, 6.07) is 20.3. The van der Waals surface area contributed by atoms with Crippen molar-refractivity contribution in [3.8, 4) is 16.9 Å². The van der Waals surface area contributed by atoms with E-state index in [1.54, 1.807) is 19.1 Å². The molecule has 8 heteroatoms. The molecule has 2 atom stereocenters. The first-order valence-corrected chi connectivity index (χ1v) is 11.3. The molecule has 8 nitrogen and oxygen atoms in total. The van der Waals surface area contributed by atoms with Gasteiger partial charge in [-0.2, -0.15) is 0 Å². The molecule has 1 aliphatic rings. The van der Waals surface area contributed by atoms with Crippen molar-refractivity contribution in [1.82, 2.24) is 10.6 Å². The van der Waals surface area contributed by atoms with Gasteiger partial charge < -0.3 is 25.6 Å². The van der Waals surface area contributed by atoms with Crippen LogP contribution in [-0.4, -0.2) is 40.8 Å². The molecule has 4 N–H and O–H groups in total. The molecule has 3 aromatic rings. The average molecular weight is 475 g/mol. The maximum Gasteiger partial charge on any atom is 0.407 e. The highest BCUT2D eigenvalue weighted by atomic mass is 16.5. The molecule has 0 radical (unpaired) electrons. The second-order valence-corrected chi connectivity index (χ2v) is 8.45. The number of amides is 2. The van der Waals surface area contributed by atoms with Gasteiger partial charge in [-0.15, -0.1) is 0 Å². The van der Waals surface area contributed by atoms with E-state index in [-0.39, 0.29) is 18.3 Å². The Hall–Kier alpha value is -4.33. The number of rotatable bonds is 8. The molecule has 0 aliphatic heterocycles. The van der Waals surface area contributed by atoms with Crippen molar-refractivity contribution in [1.29, 1.82) is 0 Å². The lowest BCUT2D eigenvalue weighted by molar-refractivity contribution is -0.140. The molecule has 0 fully saturated rings. The quantitative estimate of drug-likeness (QED) is 0.392. The predicted molar refractivity (Wildman–Crippen MR) is 129 cm³/mol. The lowest BCUT2D eigenvalue weighted by Gasteiger charge is -2.21. The van der Waals surface area contributed by atoms with Crippen LogP contribution in [0, 0.1) is 0 Å². The molecule has 0 saturated heterocycles. The lowest BCUT2D eigenvalue weighted by Crippen LogP contribution is -2.48. The lowest BCUT2D eigenvalue weighted by atomic mass is 9.98. The number of phenols is 1. The fourth-order valence-corrected chi connectivity index (χ4v) is 4.36. The Bertz CT molecular complexity index is 1210. The normalized spacial score (nSPS) is 13.7. The number of phenolic OH excluding ortho intramolecular Hbond substituents is 1. The summed E-state index contributed by atoms with van der Waals surface area (Å²) < 4.78 is 5.45. The van der Waals surface area contributed by atoms with Gasteiger partial charge in [-0.05, 0) is 46.9 Å². The maximum atomic E-state index is 12.8. The highest BCUT2D eigenvalue weighted by Crippen LogP contribution is 2.44. The highest BCUT2D eigenvalue weighted by molar-refractivity contribution is 5.89. The van der Waals surface area contributed by atoms with Crippen LogP contribution in [-0.2, 0) is 14.3 Å². The summed E-state index contributed by atoms with van der Waals surface area (Å²) in [5, 5.41) is 24.0. The van der Waals surface area contributed by atoms with Crippen LogP contribution >= 0.6 is 0 Å². The van der Waals surface area contributed by atoms with Gasteiger partial charge in [-0.25, -0.2) is 4.79 Å². The number of nitrogens with one attached hydrogen (secondary N) is 2. The third-order valence-electron chi connectivity index (χ3n) is 6.06.